The first-order valence-corrected chi connectivity index (χ1v) is 11.1. The van der Waals surface area contributed by atoms with Crippen molar-refractivity contribution in [1.82, 2.24) is 0 Å². The van der Waals surface area contributed by atoms with E-state index in [-0.39, 0.29) is 24.8 Å². The number of alkyl halides is 6. The van der Waals surface area contributed by atoms with Gasteiger partial charge < -0.3 is 10.2 Å². The van der Waals surface area contributed by atoms with Crippen LogP contribution in [0.4, 0.5) is 37.7 Å². The molecule has 0 aromatic heterocycles. The number of carbonyl (C=O) groups excluding carboxylic acids is 2. The summed E-state index contributed by atoms with van der Waals surface area (Å²) >= 11 is 0. The molecule has 2 atom stereocenters. The van der Waals surface area contributed by atoms with E-state index in [4.69, 9.17) is 0 Å². The van der Waals surface area contributed by atoms with Gasteiger partial charge in [0.1, 0.15) is 0 Å². The summed E-state index contributed by atoms with van der Waals surface area (Å²) in [6.45, 7) is 7.00. The van der Waals surface area contributed by atoms with Gasteiger partial charge in [-0.1, -0.05) is 32.0 Å². The molecule has 0 aliphatic rings. The Labute approximate surface area is 200 Å². The van der Waals surface area contributed by atoms with E-state index in [0.717, 1.165) is 11.1 Å². The zero-order valence-corrected chi connectivity index (χ0v) is 20.1. The van der Waals surface area contributed by atoms with Crippen LogP contribution in [0.2, 0.25) is 0 Å². The van der Waals surface area contributed by atoms with Crippen LogP contribution in [0.3, 0.4) is 0 Å². The molecule has 0 saturated heterocycles. The van der Waals surface area contributed by atoms with Gasteiger partial charge in [0.15, 0.2) is 0 Å². The largest absolute Gasteiger partial charge is 0.416 e. The van der Waals surface area contributed by atoms with Crippen LogP contribution in [0.5, 0.6) is 0 Å². The van der Waals surface area contributed by atoms with Crippen molar-refractivity contribution in [2.24, 2.45) is 11.8 Å². The fourth-order valence-corrected chi connectivity index (χ4v) is 4.24. The number of halogens is 6. The molecule has 10 heteroatoms. The van der Waals surface area contributed by atoms with Crippen LogP contribution < -0.4 is 10.2 Å². The van der Waals surface area contributed by atoms with Crippen LogP contribution in [-0.2, 0) is 21.9 Å². The van der Waals surface area contributed by atoms with Gasteiger partial charge in [-0.2, -0.15) is 26.3 Å². The third-order valence-corrected chi connectivity index (χ3v) is 5.98. The van der Waals surface area contributed by atoms with Gasteiger partial charge in [-0.15, -0.1) is 0 Å². The smallest absolute Gasteiger partial charge is 0.326 e. The fourth-order valence-electron chi connectivity index (χ4n) is 4.24. The van der Waals surface area contributed by atoms with Gasteiger partial charge in [-0.25, -0.2) is 0 Å². The molecule has 2 unspecified atom stereocenters. The molecule has 192 valence electrons. The first-order valence-electron chi connectivity index (χ1n) is 11.1. The minimum Gasteiger partial charge on any atom is -0.326 e. The van der Waals surface area contributed by atoms with E-state index >= 15 is 0 Å². The molecule has 0 aliphatic carbocycles. The van der Waals surface area contributed by atoms with Crippen LogP contribution in [0, 0.1) is 25.7 Å². The molecular formula is C25H28F6N2O2. The van der Waals surface area contributed by atoms with Gasteiger partial charge in [0.25, 0.3) is 0 Å². The standard InChI is InChI=1S/C25H28F6N2O2/c1-6-19(20(7-2)23(35)33(5)21-14(3)9-8-10-15(21)4)22(34)32-18-12-16(24(26,27)28)11-17(13-18)25(29,30)31/h8-13,19-20H,6-7H2,1-5H3,(H,32,34). The summed E-state index contributed by atoms with van der Waals surface area (Å²) in [4.78, 5) is 27.8. The van der Waals surface area contributed by atoms with Crippen LogP contribution in [-0.4, -0.2) is 18.9 Å². The molecule has 2 aromatic carbocycles. The molecule has 4 nitrogen and oxygen atoms in total. The molecule has 0 spiro atoms. The normalized spacial score (nSPS) is 13.8. The average molecular weight is 502 g/mol. The summed E-state index contributed by atoms with van der Waals surface area (Å²) in [7, 11) is 1.58. The maximum Gasteiger partial charge on any atom is 0.416 e. The topological polar surface area (TPSA) is 49.4 Å². The lowest BCUT2D eigenvalue weighted by atomic mass is 9.85. The highest BCUT2D eigenvalue weighted by Gasteiger charge is 2.38. The lowest BCUT2D eigenvalue weighted by molar-refractivity contribution is -0.143. The predicted octanol–water partition coefficient (Wildman–Crippen LogP) is 6.99. The minimum atomic E-state index is -5.04. The molecule has 2 aromatic rings. The number of para-hydroxylation sites is 1. The zero-order valence-electron chi connectivity index (χ0n) is 20.1. The molecule has 0 bridgehead atoms. The summed E-state index contributed by atoms with van der Waals surface area (Å²) < 4.78 is 79.0. The van der Waals surface area contributed by atoms with Crippen molar-refractivity contribution in [3.8, 4) is 0 Å². The Morgan fingerprint density at radius 2 is 1.31 bits per heavy atom. The predicted molar refractivity (Wildman–Crippen MR) is 122 cm³/mol. The van der Waals surface area contributed by atoms with E-state index in [2.05, 4.69) is 5.32 Å². The monoisotopic (exact) mass is 502 g/mol. The SMILES string of the molecule is CCC(C(=O)Nc1cc(C(F)(F)F)cc(C(F)(F)F)c1)C(CC)C(=O)N(C)c1c(C)cccc1C. The van der Waals surface area contributed by atoms with E-state index in [1.807, 2.05) is 32.0 Å². The number of benzene rings is 2. The molecule has 35 heavy (non-hydrogen) atoms. The summed E-state index contributed by atoms with van der Waals surface area (Å²) in [5, 5.41) is 2.18. The Morgan fingerprint density at radius 1 is 0.857 bits per heavy atom. The molecule has 0 radical (unpaired) electrons. The van der Waals surface area contributed by atoms with Crippen molar-refractivity contribution < 1.29 is 35.9 Å². The molecule has 0 aliphatic heterocycles. The van der Waals surface area contributed by atoms with E-state index in [1.54, 1.807) is 20.9 Å². The highest BCUT2D eigenvalue weighted by molar-refractivity contribution is 6.01. The number of nitrogens with one attached hydrogen (secondary N) is 1. The third-order valence-electron chi connectivity index (χ3n) is 5.98. The lowest BCUT2D eigenvalue weighted by Crippen LogP contribution is -2.41. The number of hydrogen-bond donors (Lipinski definition) is 1. The van der Waals surface area contributed by atoms with Crippen molar-refractivity contribution in [2.45, 2.75) is 52.9 Å². The molecular weight excluding hydrogens is 474 g/mol. The Hall–Kier alpha value is -3.04. The first-order chi connectivity index (χ1) is 16.1. The van der Waals surface area contributed by atoms with Crippen molar-refractivity contribution in [3.05, 3.63) is 58.7 Å². The summed E-state index contributed by atoms with van der Waals surface area (Å²) in [6, 6.07) is 6.41. The second-order valence-corrected chi connectivity index (χ2v) is 8.45. The summed E-state index contributed by atoms with van der Waals surface area (Å²) in [5.74, 6) is -3.00. The number of hydrogen-bond acceptors (Lipinski definition) is 2. The van der Waals surface area contributed by atoms with Gasteiger partial charge in [-0.05, 0) is 56.0 Å². The third kappa shape index (κ3) is 6.55. The van der Waals surface area contributed by atoms with E-state index in [0.29, 0.717) is 17.8 Å². The van der Waals surface area contributed by atoms with Gasteiger partial charge in [0, 0.05) is 30.3 Å². The second-order valence-electron chi connectivity index (χ2n) is 8.45. The fraction of sp³-hybridized carbons (Fsp3) is 0.440. The molecule has 0 saturated carbocycles. The van der Waals surface area contributed by atoms with Crippen LogP contribution >= 0.6 is 0 Å². The molecule has 0 fully saturated rings. The van der Waals surface area contributed by atoms with E-state index < -0.39 is 46.9 Å². The number of rotatable bonds is 7. The Bertz CT molecular complexity index is 1030. The second kappa shape index (κ2) is 10.7. The number of carbonyl (C=O) groups is 2. The number of nitrogens with zero attached hydrogens (tertiary/aromatic N) is 1. The molecule has 2 rings (SSSR count). The Morgan fingerprint density at radius 3 is 1.71 bits per heavy atom. The van der Waals surface area contributed by atoms with Gasteiger partial charge in [0.2, 0.25) is 11.8 Å². The lowest BCUT2D eigenvalue weighted by Gasteiger charge is -2.30. The average Bonchev–Trinajstić information content (AvgIpc) is 2.75. The minimum absolute atomic E-state index is 0.00911. The van der Waals surface area contributed by atoms with Gasteiger partial charge in [0.05, 0.1) is 11.1 Å². The van der Waals surface area contributed by atoms with Crippen molar-refractivity contribution in [2.75, 3.05) is 17.3 Å². The summed E-state index contributed by atoms with van der Waals surface area (Å²) in [6.07, 6.45) is -9.68. The highest BCUT2D eigenvalue weighted by atomic mass is 19.4. The number of aryl methyl sites for hydroxylation is 2. The quantitative estimate of drug-likeness (QED) is 0.415. The highest BCUT2D eigenvalue weighted by Crippen LogP contribution is 2.38. The van der Waals surface area contributed by atoms with Crippen molar-refractivity contribution in [3.63, 3.8) is 0 Å². The zero-order chi connectivity index (χ0) is 26.7. The van der Waals surface area contributed by atoms with Crippen molar-refractivity contribution in [1.29, 1.82) is 0 Å². The maximum atomic E-state index is 13.4. The number of anilines is 2. The number of amides is 2. The molecule has 0 heterocycles. The first kappa shape index (κ1) is 28.2. The van der Waals surface area contributed by atoms with Gasteiger partial charge >= 0.3 is 12.4 Å². The van der Waals surface area contributed by atoms with E-state index in [1.165, 1.54) is 4.90 Å². The maximum absolute atomic E-state index is 13.4. The molecule has 1 N–H and O–H groups in total. The Kier molecular flexibility index (Phi) is 8.62. The van der Waals surface area contributed by atoms with Gasteiger partial charge in [-0.3, -0.25) is 9.59 Å². The molecule has 2 amide bonds. The van der Waals surface area contributed by atoms with E-state index in [9.17, 15) is 35.9 Å². The Balaban J connectivity index is 2.38. The van der Waals surface area contributed by atoms with Crippen LogP contribution in [0.1, 0.15) is 48.9 Å². The van der Waals surface area contributed by atoms with Crippen LogP contribution in [0.15, 0.2) is 36.4 Å². The summed E-state index contributed by atoms with van der Waals surface area (Å²) in [5.41, 5.74) is -1.34. The van der Waals surface area contributed by atoms with Crippen LogP contribution in [0.25, 0.3) is 0 Å². The van der Waals surface area contributed by atoms with Crippen molar-refractivity contribution >= 4 is 23.2 Å².